The standard InChI is InChI=1S/C47H52N4O11S2/c1-5-61-40-23-31(15-19-39(40)60-3)38(27-64(4,58)59)51-46(56)33-21-30(22-36(48-28(2)52)43(33)47(51)57)12-10-8-6-7-9-11-29-13-16-32(17-14-29)62-25-41-34-24-50(45(55)35(34)26-63-41)37-18-20-42(53)49-44(37)54/h13-17,19,21-23,26,37-38H,5-12,18,20,24-25,27H2,1-4H3,(H,48,52)(H,49,53,54). The predicted octanol–water partition coefficient (Wildman–Crippen LogP) is 6.57. The average Bonchev–Trinajstić information content (AvgIpc) is 3.88. The van der Waals surface area contributed by atoms with E-state index in [9.17, 15) is 37.2 Å². The second kappa shape index (κ2) is 19.8. The van der Waals surface area contributed by atoms with Crippen molar-refractivity contribution in [1.82, 2.24) is 15.1 Å². The molecule has 4 aromatic rings. The molecular weight excluding hydrogens is 861 g/mol. The van der Waals surface area contributed by atoms with Crippen LogP contribution in [0.1, 0.15) is 123 Å². The van der Waals surface area contributed by atoms with Gasteiger partial charge >= 0.3 is 0 Å². The number of imide groups is 2. The number of nitrogens with one attached hydrogen (secondary N) is 2. The van der Waals surface area contributed by atoms with Crippen molar-refractivity contribution < 1.29 is 51.4 Å². The van der Waals surface area contributed by atoms with E-state index in [0.717, 1.165) is 65.7 Å². The van der Waals surface area contributed by atoms with E-state index in [1.54, 1.807) is 42.2 Å². The van der Waals surface area contributed by atoms with Gasteiger partial charge in [-0.25, -0.2) is 8.42 Å². The van der Waals surface area contributed by atoms with Crippen LogP contribution < -0.4 is 24.8 Å². The lowest BCUT2D eigenvalue weighted by molar-refractivity contribution is -0.137. The number of unbranched alkanes of at least 4 members (excludes halogenated alkanes) is 4. The Bertz CT molecular complexity index is 2590. The van der Waals surface area contributed by atoms with Crippen LogP contribution in [0.2, 0.25) is 0 Å². The molecule has 2 N–H and O–H groups in total. The Morgan fingerprint density at radius 3 is 2.27 bits per heavy atom. The van der Waals surface area contributed by atoms with E-state index in [4.69, 9.17) is 14.2 Å². The third kappa shape index (κ3) is 10.3. The molecular formula is C47H52N4O11S2. The highest BCUT2D eigenvalue weighted by Crippen LogP contribution is 2.40. The molecule has 0 saturated carbocycles. The summed E-state index contributed by atoms with van der Waals surface area (Å²) in [5.74, 6) is -1.72. The lowest BCUT2D eigenvalue weighted by Gasteiger charge is -2.29. The van der Waals surface area contributed by atoms with Gasteiger partial charge in [-0.1, -0.05) is 37.5 Å². The highest BCUT2D eigenvalue weighted by atomic mass is 32.2. The molecule has 1 saturated heterocycles. The number of methoxy groups -OCH3 is 1. The molecule has 3 aromatic carbocycles. The third-order valence-electron chi connectivity index (χ3n) is 11.6. The number of piperidine rings is 1. The van der Waals surface area contributed by atoms with Crippen LogP contribution in [0.25, 0.3) is 0 Å². The number of aryl methyl sites for hydroxylation is 2. The first-order valence-electron chi connectivity index (χ1n) is 21.4. The number of nitrogens with zero attached hydrogens (tertiary/aromatic N) is 2. The van der Waals surface area contributed by atoms with Crippen molar-refractivity contribution >= 4 is 62.3 Å². The smallest absolute Gasteiger partial charge is 0.264 e. The molecule has 2 atom stereocenters. The van der Waals surface area contributed by atoms with Gasteiger partial charge in [-0.3, -0.25) is 39.0 Å². The summed E-state index contributed by atoms with van der Waals surface area (Å²) >= 11 is 1.46. The highest BCUT2D eigenvalue weighted by molar-refractivity contribution is 7.90. The summed E-state index contributed by atoms with van der Waals surface area (Å²) in [5, 5.41) is 6.87. The normalized spacial score (nSPS) is 16.4. The molecule has 64 heavy (non-hydrogen) atoms. The lowest BCUT2D eigenvalue weighted by atomic mass is 9.98. The minimum atomic E-state index is -3.70. The van der Waals surface area contributed by atoms with Crippen LogP contribution >= 0.6 is 11.3 Å². The molecule has 338 valence electrons. The molecule has 0 bridgehead atoms. The number of rotatable bonds is 20. The SMILES string of the molecule is CCOc1cc(C(CS(C)(=O)=O)N2C(=O)c3cc(CCCCCCCc4ccc(OCc5scc6c5CN(C5CCC(=O)NC5=O)C6=O)cc4)cc(NC(C)=O)c3C2=O)ccc1OC. The summed E-state index contributed by atoms with van der Waals surface area (Å²) < 4.78 is 42.6. The maximum atomic E-state index is 14.1. The number of ether oxygens (including phenoxy) is 3. The Kier molecular flexibility index (Phi) is 14.2. The summed E-state index contributed by atoms with van der Waals surface area (Å²) in [7, 11) is -2.22. The number of amides is 6. The fourth-order valence-electron chi connectivity index (χ4n) is 8.55. The van der Waals surface area contributed by atoms with Crippen LogP contribution in [0, 0.1) is 0 Å². The minimum Gasteiger partial charge on any atom is -0.493 e. The number of carbonyl (C=O) groups is 6. The van der Waals surface area contributed by atoms with Crippen LogP contribution in [0.15, 0.2) is 60.0 Å². The topological polar surface area (TPSA) is 195 Å². The van der Waals surface area contributed by atoms with E-state index in [1.807, 2.05) is 17.5 Å². The number of anilines is 1. The van der Waals surface area contributed by atoms with Gasteiger partial charge < -0.3 is 24.4 Å². The highest BCUT2D eigenvalue weighted by Gasteiger charge is 2.44. The Balaban J connectivity index is 0.902. The van der Waals surface area contributed by atoms with E-state index >= 15 is 0 Å². The van der Waals surface area contributed by atoms with Gasteiger partial charge in [0.05, 0.1) is 47.9 Å². The summed E-state index contributed by atoms with van der Waals surface area (Å²) in [6, 6.07) is 14.4. The van der Waals surface area contributed by atoms with Crippen LogP contribution in [0.5, 0.6) is 17.2 Å². The Hall–Kier alpha value is -6.07. The van der Waals surface area contributed by atoms with Crippen LogP contribution in [-0.4, -0.2) is 85.4 Å². The van der Waals surface area contributed by atoms with Crippen molar-refractivity contribution in [3.8, 4) is 17.2 Å². The molecule has 17 heteroatoms. The van der Waals surface area contributed by atoms with Crippen LogP contribution in [0.3, 0.4) is 0 Å². The molecule has 1 aromatic heterocycles. The molecule has 2 unspecified atom stereocenters. The van der Waals surface area contributed by atoms with Crippen molar-refractivity contribution in [3.05, 3.63) is 104 Å². The first kappa shape index (κ1) is 45.9. The molecule has 0 radical (unpaired) electrons. The fraction of sp³-hybridized carbons (Fsp3) is 0.404. The van der Waals surface area contributed by atoms with Crippen molar-refractivity contribution in [2.75, 3.05) is 31.0 Å². The Morgan fingerprint density at radius 1 is 0.875 bits per heavy atom. The molecule has 6 amide bonds. The molecule has 7 rings (SSSR count). The number of sulfone groups is 1. The quantitative estimate of drug-likeness (QED) is 0.0719. The van der Waals surface area contributed by atoms with Crippen molar-refractivity contribution in [2.45, 2.75) is 96.9 Å². The van der Waals surface area contributed by atoms with Crippen molar-refractivity contribution in [1.29, 1.82) is 0 Å². The van der Waals surface area contributed by atoms with Crippen LogP contribution in [0.4, 0.5) is 5.69 Å². The number of hydrogen-bond donors (Lipinski definition) is 2. The van der Waals surface area contributed by atoms with E-state index in [2.05, 4.69) is 22.8 Å². The molecule has 1 fully saturated rings. The van der Waals surface area contributed by atoms with E-state index in [0.29, 0.717) is 61.0 Å². The average molecular weight is 913 g/mol. The molecule has 15 nitrogen and oxygen atoms in total. The van der Waals surface area contributed by atoms with Crippen LogP contribution in [-0.2, 0) is 50.2 Å². The second-order valence-corrected chi connectivity index (χ2v) is 19.5. The summed E-state index contributed by atoms with van der Waals surface area (Å²) in [4.78, 5) is 81.0. The van der Waals surface area contributed by atoms with E-state index in [1.165, 1.54) is 30.9 Å². The van der Waals surface area contributed by atoms with Gasteiger partial charge in [-0.05, 0) is 92.1 Å². The monoisotopic (exact) mass is 912 g/mol. The Labute approximate surface area is 376 Å². The minimum absolute atomic E-state index is 0.0315. The summed E-state index contributed by atoms with van der Waals surface area (Å²) in [6.07, 6.45) is 7.82. The first-order chi connectivity index (χ1) is 30.6. The van der Waals surface area contributed by atoms with E-state index < -0.39 is 51.3 Å². The van der Waals surface area contributed by atoms with Gasteiger partial charge in [-0.2, -0.15) is 0 Å². The zero-order valence-electron chi connectivity index (χ0n) is 36.3. The molecule has 0 spiro atoms. The predicted molar refractivity (Wildman–Crippen MR) is 239 cm³/mol. The zero-order valence-corrected chi connectivity index (χ0v) is 38.0. The summed E-state index contributed by atoms with van der Waals surface area (Å²) in [5.41, 5.74) is 4.17. The lowest BCUT2D eigenvalue weighted by Crippen LogP contribution is -2.52. The number of hydrogen-bond acceptors (Lipinski definition) is 12. The maximum Gasteiger partial charge on any atom is 0.264 e. The van der Waals surface area contributed by atoms with Gasteiger partial charge in [0, 0.05) is 42.0 Å². The van der Waals surface area contributed by atoms with Gasteiger partial charge in [0.2, 0.25) is 17.7 Å². The zero-order chi connectivity index (χ0) is 45.7. The number of carbonyl (C=O) groups excluding carboxylic acids is 6. The largest absolute Gasteiger partial charge is 0.493 e. The van der Waals surface area contributed by atoms with E-state index in [-0.39, 0.29) is 35.0 Å². The number of benzene rings is 3. The first-order valence-corrected chi connectivity index (χ1v) is 24.4. The van der Waals surface area contributed by atoms with Crippen molar-refractivity contribution in [2.24, 2.45) is 0 Å². The molecule has 3 aliphatic heterocycles. The number of thiophene rings is 1. The van der Waals surface area contributed by atoms with Gasteiger partial charge in [0.15, 0.2) is 11.5 Å². The van der Waals surface area contributed by atoms with Gasteiger partial charge in [0.1, 0.15) is 28.2 Å². The maximum absolute atomic E-state index is 14.1. The van der Waals surface area contributed by atoms with Gasteiger partial charge in [0.25, 0.3) is 17.7 Å². The number of fused-ring (bicyclic) bond motifs is 2. The molecule has 0 aliphatic carbocycles. The van der Waals surface area contributed by atoms with Gasteiger partial charge in [-0.15, -0.1) is 11.3 Å². The molecule has 3 aliphatic rings. The van der Waals surface area contributed by atoms with Crippen molar-refractivity contribution in [3.63, 3.8) is 0 Å². The summed E-state index contributed by atoms with van der Waals surface area (Å²) in [6.45, 7) is 4.04. The Morgan fingerprint density at radius 2 is 1.59 bits per heavy atom. The fourth-order valence-corrected chi connectivity index (χ4v) is 10.4. The molecule has 4 heterocycles. The second-order valence-electron chi connectivity index (χ2n) is 16.3. The third-order valence-corrected chi connectivity index (χ3v) is 13.6.